The molecule has 0 N–H and O–H groups in total. The molecule has 4 aromatic rings. The Bertz CT molecular complexity index is 1660. The summed E-state index contributed by atoms with van der Waals surface area (Å²) in [7, 11) is 2.88. The minimum absolute atomic E-state index is 0.0500. The molecule has 1 aliphatic rings. The molecule has 1 atom stereocenters. The number of esters is 1. The van der Waals surface area contributed by atoms with Gasteiger partial charge in [-0.3, -0.25) is 9.69 Å². The minimum Gasteiger partial charge on any atom is -0.494 e. The number of rotatable bonds is 6. The highest BCUT2D eigenvalue weighted by atomic mass is 35.5. The zero-order chi connectivity index (χ0) is 28.9. The van der Waals surface area contributed by atoms with Crippen LogP contribution in [0, 0.1) is 13.8 Å². The van der Waals surface area contributed by atoms with Gasteiger partial charge in [-0.15, -0.1) is 0 Å². The van der Waals surface area contributed by atoms with E-state index in [1.807, 2.05) is 64.1 Å². The zero-order valence-corrected chi connectivity index (χ0v) is 24.6. The molecule has 0 spiro atoms. The van der Waals surface area contributed by atoms with Gasteiger partial charge >= 0.3 is 5.97 Å². The van der Waals surface area contributed by atoms with Crippen LogP contribution in [0.25, 0.3) is 5.69 Å². The SMILES string of the molecule is COC(=O)c1ccc(OC)c(-n2nc3c(c2C(C)C)C(c2ccc(Cl)cc2C)N(c2cc(Cl)ccc2C)C3=O)c1. The van der Waals surface area contributed by atoms with Gasteiger partial charge in [0.05, 0.1) is 31.5 Å². The Balaban J connectivity index is 1.83. The number of halogens is 2. The first-order valence-corrected chi connectivity index (χ1v) is 13.6. The molecule has 0 radical (unpaired) electrons. The monoisotopic (exact) mass is 577 g/mol. The van der Waals surface area contributed by atoms with Crippen LogP contribution in [0.15, 0.2) is 54.6 Å². The number of aryl methyl sites for hydroxylation is 2. The Morgan fingerprint density at radius 1 is 0.925 bits per heavy atom. The number of anilines is 1. The molecule has 0 bridgehead atoms. The van der Waals surface area contributed by atoms with E-state index in [1.165, 1.54) is 7.11 Å². The van der Waals surface area contributed by atoms with Gasteiger partial charge in [-0.05, 0) is 78.9 Å². The third-order valence-corrected chi connectivity index (χ3v) is 7.71. The number of ether oxygens (including phenoxy) is 2. The van der Waals surface area contributed by atoms with Crippen molar-refractivity contribution < 1.29 is 19.1 Å². The number of carbonyl (C=O) groups is 2. The van der Waals surface area contributed by atoms with Crippen molar-refractivity contribution in [2.45, 2.75) is 39.7 Å². The van der Waals surface area contributed by atoms with Crippen molar-refractivity contribution in [1.82, 2.24) is 9.78 Å². The Morgan fingerprint density at radius 3 is 2.27 bits per heavy atom. The second-order valence-electron chi connectivity index (χ2n) is 10.1. The number of benzene rings is 3. The van der Waals surface area contributed by atoms with Crippen molar-refractivity contribution in [3.05, 3.63) is 104 Å². The normalized spacial score (nSPS) is 14.6. The van der Waals surface area contributed by atoms with Crippen molar-refractivity contribution in [3.8, 4) is 11.4 Å². The molecule has 1 aromatic heterocycles. The Labute approximate surface area is 243 Å². The van der Waals surface area contributed by atoms with Gasteiger partial charge in [-0.25, -0.2) is 9.48 Å². The molecule has 3 aromatic carbocycles. The molecular weight excluding hydrogens is 549 g/mol. The fourth-order valence-corrected chi connectivity index (χ4v) is 5.79. The Hall–Kier alpha value is -3.81. The topological polar surface area (TPSA) is 73.7 Å². The second-order valence-corrected chi connectivity index (χ2v) is 11.0. The van der Waals surface area contributed by atoms with Crippen LogP contribution in [-0.4, -0.2) is 35.9 Å². The largest absolute Gasteiger partial charge is 0.494 e. The summed E-state index contributed by atoms with van der Waals surface area (Å²) in [6, 6.07) is 15.7. The Morgan fingerprint density at radius 2 is 1.62 bits per heavy atom. The van der Waals surface area contributed by atoms with Crippen LogP contribution in [-0.2, 0) is 4.74 Å². The number of carbonyl (C=O) groups excluding carboxylic acids is 2. The summed E-state index contributed by atoms with van der Waals surface area (Å²) in [5.74, 6) is -0.275. The van der Waals surface area contributed by atoms with Crippen molar-refractivity contribution in [2.24, 2.45) is 0 Å². The van der Waals surface area contributed by atoms with Gasteiger partial charge in [-0.1, -0.05) is 49.2 Å². The van der Waals surface area contributed by atoms with Gasteiger partial charge in [0.2, 0.25) is 0 Å². The molecule has 1 aliphatic heterocycles. The molecule has 9 heteroatoms. The van der Waals surface area contributed by atoms with Gasteiger partial charge in [-0.2, -0.15) is 5.10 Å². The van der Waals surface area contributed by atoms with E-state index in [4.69, 9.17) is 37.8 Å². The zero-order valence-electron chi connectivity index (χ0n) is 23.1. The highest BCUT2D eigenvalue weighted by molar-refractivity contribution is 6.31. The van der Waals surface area contributed by atoms with Crippen molar-refractivity contribution in [3.63, 3.8) is 0 Å². The van der Waals surface area contributed by atoms with Crippen LogP contribution in [0.3, 0.4) is 0 Å². The maximum absolute atomic E-state index is 14.3. The van der Waals surface area contributed by atoms with E-state index < -0.39 is 12.0 Å². The number of amides is 1. The average Bonchev–Trinajstić information content (AvgIpc) is 3.44. The van der Waals surface area contributed by atoms with Crippen molar-refractivity contribution >= 4 is 40.8 Å². The molecule has 0 fully saturated rings. The predicted molar refractivity (Wildman–Crippen MR) is 157 cm³/mol. The van der Waals surface area contributed by atoms with E-state index in [9.17, 15) is 9.59 Å². The molecule has 1 amide bonds. The second kappa shape index (κ2) is 10.6. The van der Waals surface area contributed by atoms with E-state index >= 15 is 0 Å². The smallest absolute Gasteiger partial charge is 0.337 e. The van der Waals surface area contributed by atoms with Gasteiger partial charge in [0, 0.05) is 21.3 Å². The lowest BCUT2D eigenvalue weighted by atomic mass is 9.91. The quantitative estimate of drug-likeness (QED) is 0.222. The maximum atomic E-state index is 14.3. The van der Waals surface area contributed by atoms with Crippen LogP contribution in [0.1, 0.15) is 74.6 Å². The molecule has 5 rings (SSSR count). The standard InChI is InChI=1S/C31H29Cl2N3O4/c1-16(2)28-26-27(34-36(28)24-14-19(31(38)40-6)8-12-25(24)39-5)30(37)35(23-15-21(33)9-7-17(23)3)29(26)22-11-10-20(32)13-18(22)4/h7-16,29H,1-6H3. The average molecular weight is 578 g/mol. The third-order valence-electron chi connectivity index (χ3n) is 7.24. The first-order valence-electron chi connectivity index (χ1n) is 12.8. The van der Waals surface area contributed by atoms with E-state index in [0.717, 1.165) is 27.9 Å². The first kappa shape index (κ1) is 27.7. The lowest BCUT2D eigenvalue weighted by Crippen LogP contribution is -2.31. The number of fused-ring (bicyclic) bond motifs is 1. The van der Waals surface area contributed by atoms with Crippen molar-refractivity contribution in [1.29, 1.82) is 0 Å². The summed E-state index contributed by atoms with van der Waals surface area (Å²) >= 11 is 12.8. The number of hydrogen-bond donors (Lipinski definition) is 0. The molecule has 7 nitrogen and oxygen atoms in total. The van der Waals surface area contributed by atoms with E-state index in [2.05, 4.69) is 0 Å². The summed E-state index contributed by atoms with van der Waals surface area (Å²) in [5.41, 5.74) is 6.30. The van der Waals surface area contributed by atoms with E-state index in [0.29, 0.717) is 38.4 Å². The molecule has 206 valence electrons. The highest BCUT2D eigenvalue weighted by Crippen LogP contribution is 2.48. The summed E-state index contributed by atoms with van der Waals surface area (Å²) in [4.78, 5) is 28.5. The molecule has 0 saturated carbocycles. The number of methoxy groups -OCH3 is 2. The first-order chi connectivity index (χ1) is 19.1. The molecule has 0 saturated heterocycles. The van der Waals surface area contributed by atoms with Crippen LogP contribution in [0.4, 0.5) is 5.69 Å². The van der Waals surface area contributed by atoms with Crippen molar-refractivity contribution in [2.75, 3.05) is 19.1 Å². The minimum atomic E-state index is -0.488. The summed E-state index contributed by atoms with van der Waals surface area (Å²) in [5, 5.41) is 6.03. The third kappa shape index (κ3) is 4.53. The summed E-state index contributed by atoms with van der Waals surface area (Å²) in [6.45, 7) is 8.03. The summed E-state index contributed by atoms with van der Waals surface area (Å²) in [6.07, 6.45) is 0. The summed E-state index contributed by atoms with van der Waals surface area (Å²) < 4.78 is 12.3. The molecule has 1 unspecified atom stereocenters. The van der Waals surface area contributed by atoms with Gasteiger partial charge in [0.1, 0.15) is 11.4 Å². The molecule has 0 aliphatic carbocycles. The lowest BCUT2D eigenvalue weighted by molar-refractivity contribution is 0.0600. The van der Waals surface area contributed by atoms with E-state index in [1.54, 1.807) is 34.9 Å². The van der Waals surface area contributed by atoms with Crippen LogP contribution < -0.4 is 9.64 Å². The molecular formula is C31H29Cl2N3O4. The lowest BCUT2D eigenvalue weighted by Gasteiger charge is -2.30. The van der Waals surface area contributed by atoms with Gasteiger partial charge in [0.15, 0.2) is 5.69 Å². The van der Waals surface area contributed by atoms with E-state index in [-0.39, 0.29) is 11.8 Å². The van der Waals surface area contributed by atoms with Crippen LogP contribution in [0.5, 0.6) is 5.75 Å². The fourth-order valence-electron chi connectivity index (χ4n) is 5.40. The van der Waals surface area contributed by atoms with Gasteiger partial charge < -0.3 is 9.47 Å². The fraction of sp³-hybridized carbons (Fsp3) is 0.258. The number of aromatic nitrogens is 2. The predicted octanol–water partition coefficient (Wildman–Crippen LogP) is 7.46. The molecule has 40 heavy (non-hydrogen) atoms. The maximum Gasteiger partial charge on any atom is 0.337 e. The number of hydrogen-bond acceptors (Lipinski definition) is 5. The highest BCUT2D eigenvalue weighted by Gasteiger charge is 2.46. The van der Waals surface area contributed by atoms with Gasteiger partial charge in [0.25, 0.3) is 5.91 Å². The number of nitrogens with zero attached hydrogens (tertiary/aromatic N) is 3. The van der Waals surface area contributed by atoms with Crippen LogP contribution >= 0.6 is 23.2 Å². The molecule has 2 heterocycles. The Kier molecular flexibility index (Phi) is 7.38. The van der Waals surface area contributed by atoms with Crippen LogP contribution in [0.2, 0.25) is 10.0 Å².